The van der Waals surface area contributed by atoms with Gasteiger partial charge in [0.25, 0.3) is 0 Å². The Balaban J connectivity index is 2.41. The normalized spacial score (nSPS) is 20.1. The van der Waals surface area contributed by atoms with E-state index in [1.165, 1.54) is 0 Å². The van der Waals surface area contributed by atoms with E-state index in [9.17, 15) is 9.90 Å². The summed E-state index contributed by atoms with van der Waals surface area (Å²) in [5.74, 6) is -0.381. The predicted octanol–water partition coefficient (Wildman–Crippen LogP) is 2.44. The SMILES string of the molecule is C[C@](C(=O)O)(c1ccccc1)C1CC1. The van der Waals surface area contributed by atoms with E-state index in [2.05, 4.69) is 0 Å². The molecule has 2 rings (SSSR count). The molecule has 0 heterocycles. The molecule has 1 saturated carbocycles. The summed E-state index contributed by atoms with van der Waals surface area (Å²) in [6.45, 7) is 1.84. The first-order valence-electron chi connectivity index (χ1n) is 4.94. The monoisotopic (exact) mass is 190 g/mol. The second kappa shape index (κ2) is 3.12. The first-order chi connectivity index (χ1) is 6.65. The zero-order chi connectivity index (χ0) is 10.2. The third kappa shape index (κ3) is 1.31. The summed E-state index contributed by atoms with van der Waals surface area (Å²) >= 11 is 0. The third-order valence-electron chi connectivity index (χ3n) is 3.21. The molecule has 1 fully saturated rings. The molecule has 1 N–H and O–H groups in total. The molecule has 2 nitrogen and oxygen atoms in total. The molecule has 0 aromatic heterocycles. The van der Waals surface area contributed by atoms with Crippen LogP contribution >= 0.6 is 0 Å². The number of rotatable bonds is 3. The van der Waals surface area contributed by atoms with Gasteiger partial charge in [0.1, 0.15) is 0 Å². The average molecular weight is 190 g/mol. The van der Waals surface area contributed by atoms with Crippen LogP contribution in [0.5, 0.6) is 0 Å². The molecule has 1 aliphatic carbocycles. The lowest BCUT2D eigenvalue weighted by Gasteiger charge is -2.24. The van der Waals surface area contributed by atoms with Crippen LogP contribution in [-0.2, 0) is 10.2 Å². The topological polar surface area (TPSA) is 37.3 Å². The van der Waals surface area contributed by atoms with Crippen molar-refractivity contribution in [1.82, 2.24) is 0 Å². The third-order valence-corrected chi connectivity index (χ3v) is 3.21. The average Bonchev–Trinajstić information content (AvgIpc) is 3.01. The van der Waals surface area contributed by atoms with Gasteiger partial charge in [-0.05, 0) is 31.2 Å². The summed E-state index contributed by atoms with van der Waals surface area (Å²) in [6, 6.07) is 9.54. The highest BCUT2D eigenvalue weighted by molar-refractivity contribution is 5.81. The van der Waals surface area contributed by atoms with Crippen LogP contribution in [0.4, 0.5) is 0 Å². The molecule has 2 heteroatoms. The number of carboxylic acid groups (broad SMARTS) is 1. The lowest BCUT2D eigenvalue weighted by molar-refractivity contribution is -0.144. The van der Waals surface area contributed by atoms with Crippen LogP contribution in [0.3, 0.4) is 0 Å². The van der Waals surface area contributed by atoms with Crippen molar-refractivity contribution in [3.05, 3.63) is 35.9 Å². The van der Waals surface area contributed by atoms with E-state index < -0.39 is 11.4 Å². The molecule has 0 bridgehead atoms. The largest absolute Gasteiger partial charge is 0.481 e. The number of benzene rings is 1. The number of hydrogen-bond donors (Lipinski definition) is 1. The molecule has 0 amide bonds. The van der Waals surface area contributed by atoms with Crippen LogP contribution < -0.4 is 0 Å². The second-order valence-corrected chi connectivity index (χ2v) is 4.15. The first-order valence-corrected chi connectivity index (χ1v) is 4.94. The van der Waals surface area contributed by atoms with Gasteiger partial charge >= 0.3 is 5.97 Å². The molecule has 1 aromatic rings. The molecule has 0 saturated heterocycles. The van der Waals surface area contributed by atoms with Gasteiger partial charge < -0.3 is 5.11 Å². The van der Waals surface area contributed by atoms with Crippen molar-refractivity contribution in [3.63, 3.8) is 0 Å². The highest BCUT2D eigenvalue weighted by Crippen LogP contribution is 2.47. The minimum atomic E-state index is -0.703. The van der Waals surface area contributed by atoms with E-state index in [1.54, 1.807) is 0 Å². The van der Waals surface area contributed by atoms with Crippen LogP contribution in [0, 0.1) is 5.92 Å². The van der Waals surface area contributed by atoms with Crippen LogP contribution in [0.25, 0.3) is 0 Å². The van der Waals surface area contributed by atoms with Crippen LogP contribution in [0.15, 0.2) is 30.3 Å². The zero-order valence-corrected chi connectivity index (χ0v) is 8.23. The maximum Gasteiger partial charge on any atom is 0.314 e. The van der Waals surface area contributed by atoms with Crippen molar-refractivity contribution in [2.45, 2.75) is 25.2 Å². The number of carbonyl (C=O) groups is 1. The highest BCUT2D eigenvalue weighted by atomic mass is 16.4. The summed E-state index contributed by atoms with van der Waals surface area (Å²) in [6.07, 6.45) is 2.08. The van der Waals surface area contributed by atoms with E-state index in [1.807, 2.05) is 37.3 Å². The fourth-order valence-corrected chi connectivity index (χ4v) is 1.98. The second-order valence-electron chi connectivity index (χ2n) is 4.15. The van der Waals surface area contributed by atoms with E-state index in [4.69, 9.17) is 0 Å². The summed E-state index contributed by atoms with van der Waals surface area (Å²) in [7, 11) is 0. The molecule has 0 radical (unpaired) electrons. The van der Waals surface area contributed by atoms with Crippen molar-refractivity contribution in [2.75, 3.05) is 0 Å². The Morgan fingerprint density at radius 1 is 1.36 bits per heavy atom. The van der Waals surface area contributed by atoms with Crippen molar-refractivity contribution in [1.29, 1.82) is 0 Å². The molecule has 1 atom stereocenters. The molecule has 1 aliphatic rings. The summed E-state index contributed by atoms with van der Waals surface area (Å²) in [5, 5.41) is 9.30. The number of hydrogen-bond acceptors (Lipinski definition) is 1. The maximum absolute atomic E-state index is 11.3. The Labute approximate surface area is 83.6 Å². The molecule has 0 spiro atoms. The Morgan fingerprint density at radius 3 is 2.36 bits per heavy atom. The number of aliphatic carboxylic acids is 1. The highest BCUT2D eigenvalue weighted by Gasteiger charge is 2.48. The van der Waals surface area contributed by atoms with Gasteiger partial charge in [0.2, 0.25) is 0 Å². The van der Waals surface area contributed by atoms with Crippen LogP contribution in [-0.4, -0.2) is 11.1 Å². The Morgan fingerprint density at radius 2 is 1.93 bits per heavy atom. The van der Waals surface area contributed by atoms with E-state index >= 15 is 0 Å². The van der Waals surface area contributed by atoms with Gasteiger partial charge in [-0.15, -0.1) is 0 Å². The molecular weight excluding hydrogens is 176 g/mol. The van der Waals surface area contributed by atoms with Crippen molar-refractivity contribution >= 4 is 5.97 Å². The summed E-state index contributed by atoms with van der Waals surface area (Å²) in [4.78, 5) is 11.3. The minimum absolute atomic E-state index is 0.322. The van der Waals surface area contributed by atoms with Crippen molar-refractivity contribution < 1.29 is 9.90 Å². The van der Waals surface area contributed by atoms with Gasteiger partial charge in [0.05, 0.1) is 5.41 Å². The molecular formula is C12H14O2. The minimum Gasteiger partial charge on any atom is -0.481 e. The Bertz CT molecular complexity index is 341. The Hall–Kier alpha value is -1.31. The van der Waals surface area contributed by atoms with Gasteiger partial charge in [0.15, 0.2) is 0 Å². The van der Waals surface area contributed by atoms with Gasteiger partial charge in [-0.1, -0.05) is 30.3 Å². The van der Waals surface area contributed by atoms with E-state index in [0.717, 1.165) is 18.4 Å². The Kier molecular flexibility index (Phi) is 2.06. The van der Waals surface area contributed by atoms with E-state index in [0.29, 0.717) is 5.92 Å². The van der Waals surface area contributed by atoms with Gasteiger partial charge in [0, 0.05) is 0 Å². The fourth-order valence-electron chi connectivity index (χ4n) is 1.98. The zero-order valence-electron chi connectivity index (χ0n) is 8.23. The molecule has 74 valence electrons. The lowest BCUT2D eigenvalue weighted by atomic mass is 9.78. The predicted molar refractivity (Wildman–Crippen MR) is 54.2 cm³/mol. The molecule has 0 aliphatic heterocycles. The summed E-state index contributed by atoms with van der Waals surface area (Å²) < 4.78 is 0. The smallest absolute Gasteiger partial charge is 0.314 e. The van der Waals surface area contributed by atoms with Crippen LogP contribution in [0.2, 0.25) is 0 Å². The summed E-state index contributed by atoms with van der Waals surface area (Å²) in [5.41, 5.74) is 0.247. The standard InChI is InChI=1S/C12H14O2/c1-12(11(13)14,10-7-8-10)9-5-3-2-4-6-9/h2-6,10H,7-8H2,1H3,(H,13,14)/t12-/m0/s1. The van der Waals surface area contributed by atoms with Gasteiger partial charge in [-0.2, -0.15) is 0 Å². The quantitative estimate of drug-likeness (QED) is 0.794. The maximum atomic E-state index is 11.3. The first kappa shape index (κ1) is 9.25. The van der Waals surface area contributed by atoms with Crippen molar-refractivity contribution in [2.24, 2.45) is 5.92 Å². The number of carboxylic acids is 1. The van der Waals surface area contributed by atoms with Crippen molar-refractivity contribution in [3.8, 4) is 0 Å². The van der Waals surface area contributed by atoms with E-state index in [-0.39, 0.29) is 0 Å². The molecule has 14 heavy (non-hydrogen) atoms. The molecule has 0 unspecified atom stereocenters. The lowest BCUT2D eigenvalue weighted by Crippen LogP contribution is -2.34. The van der Waals surface area contributed by atoms with Gasteiger partial charge in [-0.25, -0.2) is 0 Å². The fraction of sp³-hybridized carbons (Fsp3) is 0.417. The van der Waals surface area contributed by atoms with Crippen LogP contribution in [0.1, 0.15) is 25.3 Å². The molecule has 1 aromatic carbocycles. The van der Waals surface area contributed by atoms with Gasteiger partial charge in [-0.3, -0.25) is 4.79 Å².